The van der Waals surface area contributed by atoms with Gasteiger partial charge >= 0.3 is 0 Å². The number of furan rings is 1. The van der Waals surface area contributed by atoms with Gasteiger partial charge in [0.15, 0.2) is 11.5 Å². The summed E-state index contributed by atoms with van der Waals surface area (Å²) in [4.78, 5) is 14.6. The Bertz CT molecular complexity index is 871. The maximum absolute atomic E-state index is 13.1. The minimum atomic E-state index is -0.295. The van der Waals surface area contributed by atoms with Crippen LogP contribution in [0.4, 0.5) is 4.39 Å². The van der Waals surface area contributed by atoms with Gasteiger partial charge in [-0.15, -0.1) is 0 Å². The van der Waals surface area contributed by atoms with Crippen molar-refractivity contribution in [2.75, 3.05) is 6.54 Å². The van der Waals surface area contributed by atoms with Crippen molar-refractivity contribution in [3.05, 3.63) is 66.1 Å². The number of hydrogen-bond donors (Lipinski definition) is 0. The van der Waals surface area contributed by atoms with Gasteiger partial charge < -0.3 is 13.8 Å². The van der Waals surface area contributed by atoms with E-state index in [1.807, 2.05) is 6.07 Å². The second kappa shape index (κ2) is 7.15. The van der Waals surface area contributed by atoms with Crippen LogP contribution in [0, 0.1) is 5.82 Å². The molecule has 4 rings (SSSR count). The number of benzene rings is 1. The monoisotopic (exact) mass is 354 g/mol. The van der Waals surface area contributed by atoms with Crippen molar-refractivity contribution in [2.45, 2.75) is 31.7 Å². The van der Waals surface area contributed by atoms with E-state index in [2.05, 4.69) is 5.16 Å². The first kappa shape index (κ1) is 16.6. The summed E-state index contributed by atoms with van der Waals surface area (Å²) in [5, 5.41) is 4.12. The average molecular weight is 354 g/mol. The Labute approximate surface area is 150 Å². The van der Waals surface area contributed by atoms with Gasteiger partial charge in [0.1, 0.15) is 11.5 Å². The average Bonchev–Trinajstić information content (AvgIpc) is 3.30. The highest BCUT2D eigenvalue weighted by molar-refractivity contribution is 5.91. The zero-order chi connectivity index (χ0) is 17.9. The Hall–Kier alpha value is -2.89. The predicted octanol–water partition coefficient (Wildman–Crippen LogP) is 4.83. The number of carbonyl (C=O) groups excluding carboxylic acids is 1. The molecular weight excluding hydrogens is 335 g/mol. The molecule has 0 saturated carbocycles. The number of likely N-dealkylation sites (tertiary alicyclic amines) is 1. The summed E-state index contributed by atoms with van der Waals surface area (Å²) in [6.45, 7) is 0.650. The molecular formula is C20H19FN2O3. The highest BCUT2D eigenvalue weighted by Crippen LogP contribution is 2.33. The smallest absolute Gasteiger partial charge is 0.290 e. The number of nitrogens with zero attached hydrogens (tertiary/aromatic N) is 2. The van der Waals surface area contributed by atoms with Crippen molar-refractivity contribution >= 4 is 5.91 Å². The SMILES string of the molecule is O=C(c1ccco1)N1CCCCC[C@@H]1c1cc(-c2ccc(F)cc2)no1. The molecule has 5 nitrogen and oxygen atoms in total. The van der Waals surface area contributed by atoms with Gasteiger partial charge in [0.25, 0.3) is 5.91 Å². The first-order valence-corrected chi connectivity index (χ1v) is 8.79. The molecule has 0 bridgehead atoms. The summed E-state index contributed by atoms with van der Waals surface area (Å²) in [6, 6.07) is 11.1. The Balaban J connectivity index is 1.63. The molecule has 1 atom stereocenters. The third-order valence-corrected chi connectivity index (χ3v) is 4.74. The van der Waals surface area contributed by atoms with Crippen molar-refractivity contribution in [3.63, 3.8) is 0 Å². The molecule has 0 aliphatic carbocycles. The van der Waals surface area contributed by atoms with Gasteiger partial charge in [0.2, 0.25) is 0 Å². The molecule has 26 heavy (non-hydrogen) atoms. The van der Waals surface area contributed by atoms with Crippen molar-refractivity contribution in [3.8, 4) is 11.3 Å². The lowest BCUT2D eigenvalue weighted by Gasteiger charge is -2.27. The molecule has 3 aromatic rings. The zero-order valence-corrected chi connectivity index (χ0v) is 14.2. The molecule has 0 radical (unpaired) electrons. The lowest BCUT2D eigenvalue weighted by atomic mass is 10.1. The quantitative estimate of drug-likeness (QED) is 0.676. The summed E-state index contributed by atoms with van der Waals surface area (Å²) in [6.07, 6.45) is 5.34. The van der Waals surface area contributed by atoms with E-state index in [4.69, 9.17) is 8.94 Å². The van der Waals surface area contributed by atoms with Gasteiger partial charge in [-0.05, 0) is 49.2 Å². The van der Waals surface area contributed by atoms with Crippen LogP contribution in [0.3, 0.4) is 0 Å². The molecule has 1 amide bonds. The molecule has 0 spiro atoms. The number of halogens is 1. The highest BCUT2D eigenvalue weighted by Gasteiger charge is 2.31. The van der Waals surface area contributed by atoms with Gasteiger partial charge in [-0.3, -0.25) is 4.79 Å². The van der Waals surface area contributed by atoms with E-state index in [0.717, 1.165) is 31.2 Å². The van der Waals surface area contributed by atoms with E-state index in [-0.39, 0.29) is 17.8 Å². The molecule has 1 saturated heterocycles. The molecule has 0 N–H and O–H groups in total. The van der Waals surface area contributed by atoms with Crippen LogP contribution in [0.2, 0.25) is 0 Å². The Morgan fingerprint density at radius 2 is 2.00 bits per heavy atom. The van der Waals surface area contributed by atoms with Crippen LogP contribution in [-0.4, -0.2) is 22.5 Å². The van der Waals surface area contributed by atoms with E-state index in [0.29, 0.717) is 23.8 Å². The van der Waals surface area contributed by atoms with Gasteiger partial charge in [-0.1, -0.05) is 18.0 Å². The third-order valence-electron chi connectivity index (χ3n) is 4.74. The summed E-state index contributed by atoms with van der Waals surface area (Å²) in [5.74, 6) is 0.541. The van der Waals surface area contributed by atoms with Crippen LogP contribution < -0.4 is 0 Å². The first-order chi connectivity index (χ1) is 12.7. The van der Waals surface area contributed by atoms with Gasteiger partial charge in [0.05, 0.1) is 12.3 Å². The Morgan fingerprint density at radius 3 is 2.77 bits per heavy atom. The maximum Gasteiger partial charge on any atom is 0.290 e. The number of hydrogen-bond acceptors (Lipinski definition) is 4. The zero-order valence-electron chi connectivity index (χ0n) is 14.2. The van der Waals surface area contributed by atoms with Crippen LogP contribution >= 0.6 is 0 Å². The van der Waals surface area contributed by atoms with Crippen molar-refractivity contribution in [2.24, 2.45) is 0 Å². The lowest BCUT2D eigenvalue weighted by molar-refractivity contribution is 0.0618. The van der Waals surface area contributed by atoms with E-state index < -0.39 is 0 Å². The van der Waals surface area contributed by atoms with Crippen LogP contribution in [0.25, 0.3) is 11.3 Å². The number of amides is 1. The van der Waals surface area contributed by atoms with Crippen LogP contribution in [0.1, 0.15) is 48.0 Å². The fraction of sp³-hybridized carbons (Fsp3) is 0.300. The highest BCUT2D eigenvalue weighted by atomic mass is 19.1. The molecule has 1 aliphatic heterocycles. The summed E-state index contributed by atoms with van der Waals surface area (Å²) in [5.41, 5.74) is 1.41. The fourth-order valence-electron chi connectivity index (χ4n) is 3.39. The fourth-order valence-corrected chi connectivity index (χ4v) is 3.39. The molecule has 0 unspecified atom stereocenters. The second-order valence-electron chi connectivity index (χ2n) is 6.46. The molecule has 1 fully saturated rings. The topological polar surface area (TPSA) is 59.5 Å². The molecule has 1 aliphatic rings. The predicted molar refractivity (Wildman–Crippen MR) is 92.9 cm³/mol. The number of carbonyl (C=O) groups is 1. The van der Waals surface area contributed by atoms with Crippen molar-refractivity contribution in [1.29, 1.82) is 0 Å². The minimum Gasteiger partial charge on any atom is -0.459 e. The van der Waals surface area contributed by atoms with Gasteiger partial charge in [-0.2, -0.15) is 0 Å². The van der Waals surface area contributed by atoms with Crippen LogP contribution in [-0.2, 0) is 0 Å². The van der Waals surface area contributed by atoms with Crippen molar-refractivity contribution < 1.29 is 18.1 Å². The molecule has 3 heterocycles. The van der Waals surface area contributed by atoms with Crippen LogP contribution in [0.5, 0.6) is 0 Å². The van der Waals surface area contributed by atoms with Crippen LogP contribution in [0.15, 0.2) is 57.7 Å². The molecule has 1 aromatic carbocycles. The summed E-state index contributed by atoms with van der Waals surface area (Å²) in [7, 11) is 0. The largest absolute Gasteiger partial charge is 0.459 e. The van der Waals surface area contributed by atoms with E-state index >= 15 is 0 Å². The van der Waals surface area contributed by atoms with E-state index in [1.165, 1.54) is 18.4 Å². The second-order valence-corrected chi connectivity index (χ2v) is 6.46. The lowest BCUT2D eigenvalue weighted by Crippen LogP contribution is -2.34. The normalized spacial score (nSPS) is 17.9. The standard InChI is InChI=1S/C20H19FN2O3/c21-15-9-7-14(8-10-15)16-13-19(26-22-16)17-5-2-1-3-11-23(17)20(24)18-6-4-12-25-18/h4,6-10,12-13,17H,1-3,5,11H2/t17-/m1/s1. The Kier molecular flexibility index (Phi) is 4.56. The van der Waals surface area contributed by atoms with E-state index in [1.54, 1.807) is 29.2 Å². The van der Waals surface area contributed by atoms with Gasteiger partial charge in [0, 0.05) is 18.2 Å². The van der Waals surface area contributed by atoms with Gasteiger partial charge in [-0.25, -0.2) is 4.39 Å². The molecule has 2 aromatic heterocycles. The third kappa shape index (κ3) is 3.27. The van der Waals surface area contributed by atoms with Crippen molar-refractivity contribution in [1.82, 2.24) is 10.1 Å². The summed E-state index contributed by atoms with van der Waals surface area (Å²) < 4.78 is 24.0. The summed E-state index contributed by atoms with van der Waals surface area (Å²) >= 11 is 0. The van der Waals surface area contributed by atoms with E-state index in [9.17, 15) is 9.18 Å². The minimum absolute atomic E-state index is 0.137. The molecule has 134 valence electrons. The molecule has 6 heteroatoms. The maximum atomic E-state index is 13.1. The number of rotatable bonds is 3. The Morgan fingerprint density at radius 1 is 1.15 bits per heavy atom. The number of aromatic nitrogens is 1. The first-order valence-electron chi connectivity index (χ1n) is 8.79.